The van der Waals surface area contributed by atoms with Gasteiger partial charge >= 0.3 is 0 Å². The molecule has 0 unspecified atom stereocenters. The number of carbonyl (C=O) groups is 2. The summed E-state index contributed by atoms with van der Waals surface area (Å²) in [5, 5.41) is 3.49. The van der Waals surface area contributed by atoms with Gasteiger partial charge in [0.2, 0.25) is 5.91 Å². The summed E-state index contributed by atoms with van der Waals surface area (Å²) in [4.78, 5) is 27.4. The fourth-order valence-corrected chi connectivity index (χ4v) is 3.17. The highest BCUT2D eigenvalue weighted by Gasteiger charge is 2.29. The molecule has 0 saturated heterocycles. The summed E-state index contributed by atoms with van der Waals surface area (Å²) in [5.41, 5.74) is 2.45. The molecule has 0 aliphatic heterocycles. The number of ether oxygens (including phenoxy) is 1. The summed E-state index contributed by atoms with van der Waals surface area (Å²) >= 11 is 6.31. The highest BCUT2D eigenvalue weighted by atomic mass is 35.5. The summed E-state index contributed by atoms with van der Waals surface area (Å²) in [5.74, 6) is 0.148. The quantitative estimate of drug-likeness (QED) is 0.694. The number of amides is 2. The highest BCUT2D eigenvalue weighted by molar-refractivity contribution is 6.31. The van der Waals surface area contributed by atoms with Gasteiger partial charge in [-0.15, -0.1) is 0 Å². The molecule has 1 N–H and O–H groups in total. The van der Waals surface area contributed by atoms with Gasteiger partial charge in [-0.05, 0) is 70.4 Å². The molecule has 0 bridgehead atoms. The van der Waals surface area contributed by atoms with Crippen molar-refractivity contribution < 1.29 is 14.3 Å². The van der Waals surface area contributed by atoms with E-state index in [0.717, 1.165) is 16.7 Å². The number of halogens is 1. The van der Waals surface area contributed by atoms with Crippen molar-refractivity contribution in [1.29, 1.82) is 0 Å². The van der Waals surface area contributed by atoms with E-state index in [9.17, 15) is 9.59 Å². The van der Waals surface area contributed by atoms with Crippen molar-refractivity contribution in [2.75, 3.05) is 6.61 Å². The summed E-state index contributed by atoms with van der Waals surface area (Å²) < 4.78 is 5.80. The second-order valence-electron chi connectivity index (χ2n) is 8.51. The lowest BCUT2D eigenvalue weighted by Crippen LogP contribution is -2.53. The maximum absolute atomic E-state index is 13.1. The molecule has 5 nitrogen and oxygen atoms in total. The average Bonchev–Trinajstić information content (AvgIpc) is 2.66. The lowest BCUT2D eigenvalue weighted by Gasteiger charge is -2.31. The Morgan fingerprint density at radius 1 is 1.10 bits per heavy atom. The first-order chi connectivity index (χ1) is 14.0. The Morgan fingerprint density at radius 3 is 2.40 bits per heavy atom. The molecule has 0 aliphatic rings. The van der Waals surface area contributed by atoms with E-state index in [4.69, 9.17) is 16.3 Å². The van der Waals surface area contributed by atoms with Crippen LogP contribution in [-0.4, -0.2) is 34.9 Å². The van der Waals surface area contributed by atoms with Gasteiger partial charge in [-0.2, -0.15) is 0 Å². The Bertz CT molecular complexity index is 906. The van der Waals surface area contributed by atoms with Crippen LogP contribution in [0.1, 0.15) is 44.4 Å². The van der Waals surface area contributed by atoms with E-state index in [1.807, 2.05) is 71.0 Å². The van der Waals surface area contributed by atoms with E-state index in [-0.39, 0.29) is 25.0 Å². The largest absolute Gasteiger partial charge is 0.483 e. The molecular formula is C24H31ClN2O3. The van der Waals surface area contributed by atoms with Crippen molar-refractivity contribution in [3.8, 4) is 5.75 Å². The molecule has 162 valence electrons. The molecule has 0 radical (unpaired) electrons. The smallest absolute Gasteiger partial charge is 0.261 e. The van der Waals surface area contributed by atoms with E-state index >= 15 is 0 Å². The summed E-state index contributed by atoms with van der Waals surface area (Å²) in [7, 11) is 0. The van der Waals surface area contributed by atoms with Gasteiger partial charge in [-0.25, -0.2) is 0 Å². The van der Waals surface area contributed by atoms with Gasteiger partial charge in [0.25, 0.3) is 5.91 Å². The van der Waals surface area contributed by atoms with Crippen LogP contribution < -0.4 is 10.1 Å². The normalized spacial score (nSPS) is 12.2. The van der Waals surface area contributed by atoms with Crippen molar-refractivity contribution in [2.45, 2.75) is 59.7 Å². The Kier molecular flexibility index (Phi) is 7.90. The highest BCUT2D eigenvalue weighted by Crippen LogP contribution is 2.22. The standard InChI is InChI=1S/C24H31ClN2O3/c1-16-10-9-13-21(17(16)2)30-15-22(28)27(14-19-11-7-8-12-20(19)25)18(3)23(29)26-24(4,5)6/h7-13,18H,14-15H2,1-6H3,(H,26,29)/t18-/m0/s1. The van der Waals surface area contributed by atoms with Gasteiger partial charge in [-0.1, -0.05) is 41.9 Å². The second-order valence-corrected chi connectivity index (χ2v) is 8.92. The van der Waals surface area contributed by atoms with Crippen LogP contribution in [0.15, 0.2) is 42.5 Å². The van der Waals surface area contributed by atoms with E-state index in [1.165, 1.54) is 4.90 Å². The number of hydrogen-bond acceptors (Lipinski definition) is 3. The molecule has 0 aromatic heterocycles. The van der Waals surface area contributed by atoms with Gasteiger partial charge in [-0.3, -0.25) is 9.59 Å². The number of rotatable bonds is 7. The van der Waals surface area contributed by atoms with Crippen LogP contribution in [0.3, 0.4) is 0 Å². The van der Waals surface area contributed by atoms with E-state index in [1.54, 1.807) is 13.0 Å². The van der Waals surface area contributed by atoms with Crippen molar-refractivity contribution in [3.05, 3.63) is 64.2 Å². The zero-order valence-electron chi connectivity index (χ0n) is 18.6. The zero-order valence-corrected chi connectivity index (χ0v) is 19.3. The minimum absolute atomic E-state index is 0.165. The summed E-state index contributed by atoms with van der Waals surface area (Å²) in [6.45, 7) is 11.4. The first-order valence-corrected chi connectivity index (χ1v) is 10.4. The van der Waals surface area contributed by atoms with Crippen LogP contribution in [0.5, 0.6) is 5.75 Å². The van der Waals surface area contributed by atoms with E-state index in [2.05, 4.69) is 5.32 Å². The Labute approximate surface area is 184 Å². The predicted octanol–water partition coefficient (Wildman–Crippen LogP) is 4.67. The van der Waals surface area contributed by atoms with Crippen LogP contribution in [0, 0.1) is 13.8 Å². The first kappa shape index (κ1) is 23.7. The number of benzene rings is 2. The van der Waals surface area contributed by atoms with Crippen molar-refractivity contribution in [2.24, 2.45) is 0 Å². The topological polar surface area (TPSA) is 58.6 Å². The van der Waals surface area contributed by atoms with Crippen molar-refractivity contribution in [1.82, 2.24) is 10.2 Å². The molecule has 2 rings (SSSR count). The third kappa shape index (κ3) is 6.49. The molecule has 6 heteroatoms. The molecule has 2 amide bonds. The van der Waals surface area contributed by atoms with Crippen molar-refractivity contribution in [3.63, 3.8) is 0 Å². The average molecular weight is 431 g/mol. The third-order valence-corrected chi connectivity index (χ3v) is 5.24. The van der Waals surface area contributed by atoms with Crippen molar-refractivity contribution >= 4 is 23.4 Å². The van der Waals surface area contributed by atoms with Crippen LogP contribution in [0.25, 0.3) is 0 Å². The van der Waals surface area contributed by atoms with Crippen LogP contribution in [0.4, 0.5) is 0 Å². The van der Waals surface area contributed by atoms with Crippen LogP contribution in [-0.2, 0) is 16.1 Å². The summed E-state index contributed by atoms with van der Waals surface area (Å²) in [6, 6.07) is 12.3. The number of nitrogens with zero attached hydrogens (tertiary/aromatic N) is 1. The first-order valence-electron chi connectivity index (χ1n) is 10.0. The van der Waals surface area contributed by atoms with Gasteiger partial charge in [0.15, 0.2) is 6.61 Å². The SMILES string of the molecule is Cc1cccc(OCC(=O)N(Cc2ccccc2Cl)[C@@H](C)C(=O)NC(C)(C)C)c1C. The molecular weight excluding hydrogens is 400 g/mol. The Balaban J connectivity index is 2.22. The van der Waals surface area contributed by atoms with Gasteiger partial charge in [0.1, 0.15) is 11.8 Å². The van der Waals surface area contributed by atoms with Gasteiger partial charge in [0.05, 0.1) is 0 Å². The number of aryl methyl sites for hydroxylation is 1. The van der Waals surface area contributed by atoms with Gasteiger partial charge in [0, 0.05) is 17.1 Å². The minimum Gasteiger partial charge on any atom is -0.483 e. The molecule has 0 fully saturated rings. The van der Waals surface area contributed by atoms with E-state index < -0.39 is 11.6 Å². The second kappa shape index (κ2) is 9.98. The lowest BCUT2D eigenvalue weighted by molar-refractivity contribution is -0.142. The molecule has 0 saturated carbocycles. The fourth-order valence-electron chi connectivity index (χ4n) is 2.97. The lowest BCUT2D eigenvalue weighted by atomic mass is 10.1. The molecule has 2 aromatic rings. The van der Waals surface area contributed by atoms with E-state index in [0.29, 0.717) is 10.8 Å². The predicted molar refractivity (Wildman–Crippen MR) is 121 cm³/mol. The number of carbonyl (C=O) groups excluding carboxylic acids is 2. The fraction of sp³-hybridized carbons (Fsp3) is 0.417. The third-order valence-electron chi connectivity index (χ3n) is 4.87. The van der Waals surface area contributed by atoms with Crippen LogP contribution in [0.2, 0.25) is 5.02 Å². The molecule has 0 heterocycles. The minimum atomic E-state index is -0.685. The maximum Gasteiger partial charge on any atom is 0.261 e. The Hall–Kier alpha value is -2.53. The number of hydrogen-bond donors (Lipinski definition) is 1. The molecule has 30 heavy (non-hydrogen) atoms. The molecule has 0 aliphatic carbocycles. The Morgan fingerprint density at radius 2 is 1.77 bits per heavy atom. The molecule has 0 spiro atoms. The molecule has 2 aromatic carbocycles. The van der Waals surface area contributed by atoms with Gasteiger partial charge < -0.3 is 15.0 Å². The number of nitrogens with one attached hydrogen (secondary N) is 1. The maximum atomic E-state index is 13.1. The molecule has 1 atom stereocenters. The van der Waals surface area contributed by atoms with Crippen LogP contribution >= 0.6 is 11.6 Å². The zero-order chi connectivity index (χ0) is 22.5. The summed E-state index contributed by atoms with van der Waals surface area (Å²) in [6.07, 6.45) is 0. The monoisotopic (exact) mass is 430 g/mol.